The predicted molar refractivity (Wildman–Crippen MR) is 74.1 cm³/mol. The summed E-state index contributed by atoms with van der Waals surface area (Å²) >= 11 is 5.08. The highest BCUT2D eigenvalue weighted by Gasteiger charge is 2.12. The molecule has 5 heteroatoms. The number of halogens is 1. The first kappa shape index (κ1) is 12.8. The van der Waals surface area contributed by atoms with Gasteiger partial charge in [0.1, 0.15) is 0 Å². The smallest absolute Gasteiger partial charge is 0.208 e. The molecule has 0 aliphatic carbocycles. The van der Waals surface area contributed by atoms with Crippen LogP contribution in [-0.2, 0) is 6.54 Å². The van der Waals surface area contributed by atoms with Gasteiger partial charge in [-0.25, -0.2) is 4.98 Å². The summed E-state index contributed by atoms with van der Waals surface area (Å²) in [5, 5.41) is 5.39. The van der Waals surface area contributed by atoms with Crippen LogP contribution in [0.1, 0.15) is 26.7 Å². The van der Waals surface area contributed by atoms with Crippen molar-refractivity contribution in [1.29, 1.82) is 0 Å². The van der Waals surface area contributed by atoms with E-state index in [0.717, 1.165) is 21.0 Å². The molecule has 0 unspecified atom stereocenters. The van der Waals surface area contributed by atoms with Gasteiger partial charge in [0.2, 0.25) is 5.89 Å². The van der Waals surface area contributed by atoms with E-state index in [1.165, 1.54) is 0 Å². The van der Waals surface area contributed by atoms with Crippen LogP contribution in [0, 0.1) is 0 Å². The topological polar surface area (TPSA) is 38.1 Å². The summed E-state index contributed by atoms with van der Waals surface area (Å²) in [6, 6.07) is 2.03. The van der Waals surface area contributed by atoms with Crippen molar-refractivity contribution in [2.24, 2.45) is 0 Å². The van der Waals surface area contributed by atoms with Gasteiger partial charge in [-0.2, -0.15) is 0 Å². The van der Waals surface area contributed by atoms with Crippen LogP contribution in [0.3, 0.4) is 0 Å². The third kappa shape index (κ3) is 3.66. The second-order valence-corrected chi connectivity index (χ2v) is 7.15. The van der Waals surface area contributed by atoms with Crippen molar-refractivity contribution in [1.82, 2.24) is 10.3 Å². The van der Waals surface area contributed by atoms with E-state index in [4.69, 9.17) is 4.42 Å². The van der Waals surface area contributed by atoms with Crippen molar-refractivity contribution >= 4 is 27.3 Å². The first-order chi connectivity index (χ1) is 7.94. The molecule has 0 fully saturated rings. The average molecular weight is 315 g/mol. The van der Waals surface area contributed by atoms with E-state index < -0.39 is 0 Å². The second kappa shape index (κ2) is 4.92. The Hall–Kier alpha value is -0.650. The number of hydrogen-bond acceptors (Lipinski definition) is 4. The molecule has 0 aliphatic heterocycles. The number of oxazole rings is 1. The normalized spacial score (nSPS) is 12.0. The molecule has 92 valence electrons. The van der Waals surface area contributed by atoms with Crippen LogP contribution in [0.2, 0.25) is 0 Å². The molecule has 2 aromatic heterocycles. The van der Waals surface area contributed by atoms with Gasteiger partial charge >= 0.3 is 0 Å². The van der Waals surface area contributed by atoms with E-state index in [9.17, 15) is 0 Å². The molecule has 0 saturated heterocycles. The van der Waals surface area contributed by atoms with Gasteiger partial charge in [0.25, 0.3) is 0 Å². The lowest BCUT2D eigenvalue weighted by atomic mass is 10.1. The molecule has 3 nitrogen and oxygen atoms in total. The molecular weight excluding hydrogens is 300 g/mol. The molecule has 0 spiro atoms. The number of nitrogens with zero attached hydrogens (tertiary/aromatic N) is 1. The largest absolute Gasteiger partial charge is 0.439 e. The van der Waals surface area contributed by atoms with E-state index in [-0.39, 0.29) is 5.54 Å². The zero-order chi connectivity index (χ0) is 12.5. The summed E-state index contributed by atoms with van der Waals surface area (Å²) < 4.78 is 6.79. The number of hydrogen-bond donors (Lipinski definition) is 1. The molecule has 0 bridgehead atoms. The van der Waals surface area contributed by atoms with Gasteiger partial charge < -0.3 is 9.73 Å². The summed E-state index contributed by atoms with van der Waals surface area (Å²) in [5.74, 6) is 1.54. The van der Waals surface area contributed by atoms with Crippen molar-refractivity contribution in [2.45, 2.75) is 32.9 Å². The number of thiophene rings is 1. The maximum absolute atomic E-state index is 5.69. The summed E-state index contributed by atoms with van der Waals surface area (Å²) in [7, 11) is 0. The SMILES string of the molecule is CC(C)(C)NCc1ncc(-c2csc(Br)c2)o1. The molecule has 0 saturated carbocycles. The highest BCUT2D eigenvalue weighted by atomic mass is 79.9. The van der Waals surface area contributed by atoms with E-state index in [1.54, 1.807) is 17.5 Å². The Kier molecular flexibility index (Phi) is 3.70. The number of aromatic nitrogens is 1. The molecule has 2 heterocycles. The predicted octanol–water partition coefficient (Wildman–Crippen LogP) is 4.05. The number of nitrogens with one attached hydrogen (secondary N) is 1. The van der Waals surface area contributed by atoms with Gasteiger partial charge in [-0.15, -0.1) is 11.3 Å². The third-order valence-electron chi connectivity index (χ3n) is 2.18. The average Bonchev–Trinajstić information content (AvgIpc) is 2.81. The highest BCUT2D eigenvalue weighted by molar-refractivity contribution is 9.11. The standard InChI is InChI=1S/C12H15BrN2OS/c1-12(2,3)15-6-11-14-5-9(16-11)8-4-10(13)17-7-8/h4-5,7,15H,6H2,1-3H3. The van der Waals surface area contributed by atoms with Gasteiger partial charge in [-0.05, 0) is 42.8 Å². The lowest BCUT2D eigenvalue weighted by Crippen LogP contribution is -2.35. The monoisotopic (exact) mass is 314 g/mol. The van der Waals surface area contributed by atoms with E-state index >= 15 is 0 Å². The molecule has 17 heavy (non-hydrogen) atoms. The highest BCUT2D eigenvalue weighted by Crippen LogP contribution is 2.29. The zero-order valence-electron chi connectivity index (χ0n) is 10.1. The quantitative estimate of drug-likeness (QED) is 0.928. The minimum atomic E-state index is 0.0695. The van der Waals surface area contributed by atoms with Crippen molar-refractivity contribution in [3.05, 3.63) is 27.3 Å². The molecular formula is C12H15BrN2OS. The Morgan fingerprint density at radius 2 is 2.24 bits per heavy atom. The first-order valence-corrected chi connectivity index (χ1v) is 7.05. The number of rotatable bonds is 3. The molecule has 0 aliphatic rings. The fraction of sp³-hybridized carbons (Fsp3) is 0.417. The van der Waals surface area contributed by atoms with Crippen LogP contribution in [0.4, 0.5) is 0 Å². The first-order valence-electron chi connectivity index (χ1n) is 5.38. The van der Waals surface area contributed by atoms with Gasteiger partial charge in [0.05, 0.1) is 16.5 Å². The summed E-state index contributed by atoms with van der Waals surface area (Å²) in [6.07, 6.45) is 1.77. The van der Waals surface area contributed by atoms with Gasteiger partial charge in [0, 0.05) is 16.5 Å². The van der Waals surface area contributed by atoms with Crippen LogP contribution >= 0.6 is 27.3 Å². The van der Waals surface area contributed by atoms with Gasteiger partial charge in [0.15, 0.2) is 5.76 Å². The molecule has 2 aromatic rings. The Morgan fingerprint density at radius 1 is 1.47 bits per heavy atom. The maximum atomic E-state index is 5.69. The van der Waals surface area contributed by atoms with Crippen molar-refractivity contribution in [2.75, 3.05) is 0 Å². The Balaban J connectivity index is 2.06. The van der Waals surface area contributed by atoms with Crippen molar-refractivity contribution in [3.63, 3.8) is 0 Å². The third-order valence-corrected chi connectivity index (χ3v) is 3.68. The second-order valence-electron chi connectivity index (χ2n) is 4.86. The van der Waals surface area contributed by atoms with Crippen LogP contribution in [-0.4, -0.2) is 10.5 Å². The van der Waals surface area contributed by atoms with E-state index in [1.807, 2.05) is 11.4 Å². The lowest BCUT2D eigenvalue weighted by molar-refractivity contribution is 0.383. The van der Waals surface area contributed by atoms with Crippen LogP contribution in [0.25, 0.3) is 11.3 Å². The van der Waals surface area contributed by atoms with E-state index in [2.05, 4.69) is 47.0 Å². The Labute approximate surface area is 113 Å². The summed E-state index contributed by atoms with van der Waals surface area (Å²) in [5.41, 5.74) is 1.14. The Morgan fingerprint density at radius 3 is 2.82 bits per heavy atom. The van der Waals surface area contributed by atoms with Crippen molar-refractivity contribution in [3.8, 4) is 11.3 Å². The van der Waals surface area contributed by atoms with E-state index in [0.29, 0.717) is 6.54 Å². The fourth-order valence-electron chi connectivity index (χ4n) is 1.31. The molecule has 0 atom stereocenters. The van der Waals surface area contributed by atoms with Gasteiger partial charge in [-0.1, -0.05) is 0 Å². The van der Waals surface area contributed by atoms with Crippen molar-refractivity contribution < 1.29 is 4.42 Å². The molecule has 2 rings (SSSR count). The Bertz CT molecular complexity index is 499. The minimum Gasteiger partial charge on any atom is -0.439 e. The summed E-state index contributed by atoms with van der Waals surface area (Å²) in [4.78, 5) is 4.27. The van der Waals surface area contributed by atoms with Gasteiger partial charge in [-0.3, -0.25) is 0 Å². The fourth-order valence-corrected chi connectivity index (χ4v) is 2.45. The lowest BCUT2D eigenvalue weighted by Gasteiger charge is -2.18. The molecule has 0 amide bonds. The molecule has 0 aromatic carbocycles. The van der Waals surface area contributed by atoms with Crippen LogP contribution < -0.4 is 5.32 Å². The van der Waals surface area contributed by atoms with Crippen LogP contribution in [0.5, 0.6) is 0 Å². The molecule has 1 N–H and O–H groups in total. The minimum absolute atomic E-state index is 0.0695. The maximum Gasteiger partial charge on any atom is 0.208 e. The zero-order valence-corrected chi connectivity index (χ0v) is 12.5. The van der Waals surface area contributed by atoms with Crippen LogP contribution in [0.15, 0.2) is 25.8 Å². The molecule has 0 radical (unpaired) electrons. The summed E-state index contributed by atoms with van der Waals surface area (Å²) in [6.45, 7) is 7.00.